The molecule has 0 aromatic carbocycles. The fraction of sp³-hybridized carbons (Fsp3) is 0.533. The van der Waals surface area contributed by atoms with Gasteiger partial charge in [-0.1, -0.05) is 6.42 Å². The first-order valence-electron chi connectivity index (χ1n) is 7.87. The Bertz CT molecular complexity index is 799. The van der Waals surface area contributed by atoms with Gasteiger partial charge in [-0.25, -0.2) is 23.4 Å². The molecule has 4 rings (SSSR count). The van der Waals surface area contributed by atoms with Gasteiger partial charge in [0.25, 0.3) is 0 Å². The van der Waals surface area contributed by atoms with Crippen LogP contribution in [0.15, 0.2) is 31.1 Å². The van der Waals surface area contributed by atoms with Gasteiger partial charge in [0.1, 0.15) is 24.3 Å². The lowest BCUT2D eigenvalue weighted by atomic mass is 9.79. The molecule has 2 aromatic rings. The summed E-state index contributed by atoms with van der Waals surface area (Å²) in [6, 6.07) is 2.00. The number of hydrogen-bond acceptors (Lipinski definition) is 6. The highest BCUT2D eigenvalue weighted by molar-refractivity contribution is 7.92. The molecule has 23 heavy (non-hydrogen) atoms. The summed E-state index contributed by atoms with van der Waals surface area (Å²) < 4.78 is 26.0. The van der Waals surface area contributed by atoms with E-state index in [0.29, 0.717) is 12.8 Å². The molecule has 0 radical (unpaired) electrons. The number of nitrogens with one attached hydrogen (secondary N) is 1. The van der Waals surface area contributed by atoms with Gasteiger partial charge in [0.15, 0.2) is 9.84 Å². The Morgan fingerprint density at radius 1 is 1.30 bits per heavy atom. The minimum Gasteiger partial charge on any atom is -0.367 e. The van der Waals surface area contributed by atoms with Gasteiger partial charge in [0, 0.05) is 24.5 Å². The second-order valence-corrected chi connectivity index (χ2v) is 8.92. The highest BCUT2D eigenvalue weighted by Crippen LogP contribution is 2.46. The molecule has 1 saturated carbocycles. The van der Waals surface area contributed by atoms with Crippen molar-refractivity contribution in [1.29, 1.82) is 0 Å². The summed E-state index contributed by atoms with van der Waals surface area (Å²) in [6.45, 7) is 0. The van der Waals surface area contributed by atoms with Crippen LogP contribution < -0.4 is 5.32 Å². The third-order valence-electron chi connectivity index (χ3n) is 5.05. The lowest BCUT2D eigenvalue weighted by Crippen LogP contribution is -2.53. The predicted molar refractivity (Wildman–Crippen MR) is 86.2 cm³/mol. The van der Waals surface area contributed by atoms with E-state index in [9.17, 15) is 8.42 Å². The SMILES string of the molecule is O=S1(=O)CC[C@H](Nc2cc(-n3ccnc3)ncn2)CC12CCC2. The lowest BCUT2D eigenvalue weighted by molar-refractivity contribution is 0.289. The number of anilines is 1. The summed E-state index contributed by atoms with van der Waals surface area (Å²) in [5.74, 6) is 1.73. The first-order chi connectivity index (χ1) is 11.1. The Morgan fingerprint density at radius 3 is 2.87 bits per heavy atom. The molecule has 0 bridgehead atoms. The summed E-state index contributed by atoms with van der Waals surface area (Å²) in [4.78, 5) is 12.5. The molecule has 2 aliphatic rings. The largest absolute Gasteiger partial charge is 0.367 e. The number of rotatable bonds is 3. The second kappa shape index (κ2) is 5.30. The fourth-order valence-corrected chi connectivity index (χ4v) is 5.97. The molecule has 1 N–H and O–H groups in total. The summed E-state index contributed by atoms with van der Waals surface area (Å²) in [5.41, 5.74) is 0. The van der Waals surface area contributed by atoms with E-state index >= 15 is 0 Å². The number of imidazole rings is 1. The second-order valence-electron chi connectivity index (χ2n) is 6.42. The molecule has 1 saturated heterocycles. The van der Waals surface area contributed by atoms with Gasteiger partial charge < -0.3 is 5.32 Å². The molecule has 8 heteroatoms. The van der Waals surface area contributed by atoms with E-state index in [1.807, 2.05) is 16.8 Å². The van der Waals surface area contributed by atoms with Crippen LogP contribution in [-0.2, 0) is 9.84 Å². The molecule has 2 fully saturated rings. The van der Waals surface area contributed by atoms with Gasteiger partial charge in [0.2, 0.25) is 0 Å². The van der Waals surface area contributed by atoms with Gasteiger partial charge in [-0.2, -0.15) is 0 Å². The Labute approximate surface area is 135 Å². The quantitative estimate of drug-likeness (QED) is 0.917. The average Bonchev–Trinajstić information content (AvgIpc) is 3.02. The molecule has 1 atom stereocenters. The topological polar surface area (TPSA) is 89.8 Å². The number of sulfone groups is 1. The maximum Gasteiger partial charge on any atom is 0.156 e. The smallest absolute Gasteiger partial charge is 0.156 e. The number of nitrogens with zero attached hydrogens (tertiary/aromatic N) is 4. The van der Waals surface area contributed by atoms with Gasteiger partial charge in [-0.3, -0.25) is 4.57 Å². The van der Waals surface area contributed by atoms with Crippen molar-refractivity contribution < 1.29 is 8.42 Å². The molecule has 7 nitrogen and oxygen atoms in total. The van der Waals surface area contributed by atoms with Crippen molar-refractivity contribution >= 4 is 15.7 Å². The van der Waals surface area contributed by atoms with E-state index in [0.717, 1.165) is 30.9 Å². The van der Waals surface area contributed by atoms with E-state index in [2.05, 4.69) is 20.3 Å². The molecule has 0 unspecified atom stereocenters. The fourth-order valence-electron chi connectivity index (χ4n) is 3.57. The molecule has 1 spiro atoms. The first-order valence-corrected chi connectivity index (χ1v) is 9.52. The van der Waals surface area contributed by atoms with Gasteiger partial charge in [-0.15, -0.1) is 0 Å². The highest BCUT2D eigenvalue weighted by atomic mass is 32.2. The molecular weight excluding hydrogens is 314 g/mol. The van der Waals surface area contributed by atoms with E-state index in [1.54, 1.807) is 12.5 Å². The van der Waals surface area contributed by atoms with Crippen LogP contribution in [0.1, 0.15) is 32.1 Å². The van der Waals surface area contributed by atoms with Crippen LogP contribution >= 0.6 is 0 Å². The normalized spacial score (nSPS) is 25.0. The zero-order valence-corrected chi connectivity index (χ0v) is 13.5. The van der Waals surface area contributed by atoms with Crippen LogP contribution in [-0.4, -0.2) is 44.5 Å². The monoisotopic (exact) mass is 333 g/mol. The Hall–Kier alpha value is -1.96. The summed E-state index contributed by atoms with van der Waals surface area (Å²) in [7, 11) is -2.94. The van der Waals surface area contributed by atoms with Gasteiger partial charge in [-0.05, 0) is 25.7 Å². The van der Waals surface area contributed by atoms with Crippen LogP contribution in [0, 0.1) is 0 Å². The average molecular weight is 333 g/mol. The van der Waals surface area contributed by atoms with Crippen molar-refractivity contribution in [1.82, 2.24) is 19.5 Å². The Morgan fingerprint density at radius 2 is 2.17 bits per heavy atom. The van der Waals surface area contributed by atoms with Crippen molar-refractivity contribution in [3.05, 3.63) is 31.1 Å². The molecule has 2 aromatic heterocycles. The summed E-state index contributed by atoms with van der Waals surface area (Å²) in [5, 5.41) is 3.40. The van der Waals surface area contributed by atoms with Crippen molar-refractivity contribution in [2.24, 2.45) is 0 Å². The molecule has 1 aliphatic heterocycles. The van der Waals surface area contributed by atoms with Crippen molar-refractivity contribution in [3.8, 4) is 5.82 Å². The van der Waals surface area contributed by atoms with E-state index < -0.39 is 14.6 Å². The minimum absolute atomic E-state index is 0.143. The standard InChI is InChI=1S/C15H19N5O2S/c21-23(22)7-2-12(9-15(23)3-1-4-15)19-13-8-14(18-10-17-13)20-6-5-16-11-20/h5-6,8,10-12H,1-4,7,9H2,(H,17,18,19)/t12-/m0/s1. The van der Waals surface area contributed by atoms with E-state index in [-0.39, 0.29) is 11.8 Å². The Balaban J connectivity index is 1.52. The highest BCUT2D eigenvalue weighted by Gasteiger charge is 2.52. The van der Waals surface area contributed by atoms with Crippen molar-refractivity contribution in [3.63, 3.8) is 0 Å². The molecule has 3 heterocycles. The van der Waals surface area contributed by atoms with Gasteiger partial charge >= 0.3 is 0 Å². The van der Waals surface area contributed by atoms with E-state index in [4.69, 9.17) is 0 Å². The zero-order valence-electron chi connectivity index (χ0n) is 12.7. The molecule has 122 valence electrons. The third kappa shape index (κ3) is 2.50. The van der Waals surface area contributed by atoms with Crippen LogP contribution in [0.25, 0.3) is 5.82 Å². The van der Waals surface area contributed by atoms with Crippen LogP contribution in [0.3, 0.4) is 0 Å². The minimum atomic E-state index is -2.94. The summed E-state index contributed by atoms with van der Waals surface area (Å²) in [6.07, 6.45) is 10.6. The maximum atomic E-state index is 12.3. The molecule has 1 aliphatic carbocycles. The summed E-state index contributed by atoms with van der Waals surface area (Å²) >= 11 is 0. The van der Waals surface area contributed by atoms with Crippen molar-refractivity contribution in [2.45, 2.75) is 42.9 Å². The van der Waals surface area contributed by atoms with Crippen LogP contribution in [0.4, 0.5) is 5.82 Å². The number of aromatic nitrogens is 4. The lowest BCUT2D eigenvalue weighted by Gasteiger charge is -2.46. The maximum absolute atomic E-state index is 12.3. The van der Waals surface area contributed by atoms with Crippen LogP contribution in [0.5, 0.6) is 0 Å². The van der Waals surface area contributed by atoms with Gasteiger partial charge in [0.05, 0.1) is 10.5 Å². The van der Waals surface area contributed by atoms with Crippen LogP contribution in [0.2, 0.25) is 0 Å². The zero-order chi connectivity index (χ0) is 15.9. The Kier molecular flexibility index (Phi) is 3.37. The molecule has 0 amide bonds. The number of hydrogen-bond donors (Lipinski definition) is 1. The predicted octanol–water partition coefficient (Wildman–Crippen LogP) is 1.57. The van der Waals surface area contributed by atoms with Crippen molar-refractivity contribution in [2.75, 3.05) is 11.1 Å². The van der Waals surface area contributed by atoms with E-state index in [1.165, 1.54) is 6.33 Å². The first kappa shape index (κ1) is 14.6. The molecular formula is C15H19N5O2S. The third-order valence-corrected chi connectivity index (χ3v) is 7.72.